The molecule has 8 aromatic rings. The normalized spacial score (nSPS) is 12.2. The Balaban J connectivity index is 1.26. The van der Waals surface area contributed by atoms with Gasteiger partial charge in [0.2, 0.25) is 0 Å². The Morgan fingerprint density at radius 1 is 0.300 bits per heavy atom. The van der Waals surface area contributed by atoms with E-state index in [4.69, 9.17) is 0 Å². The molecule has 0 saturated heterocycles. The number of rotatable bonds is 6. The summed E-state index contributed by atoms with van der Waals surface area (Å²) in [7, 11) is 0. The van der Waals surface area contributed by atoms with Crippen LogP contribution in [-0.2, 0) is 10.8 Å². The van der Waals surface area contributed by atoms with Gasteiger partial charge in [0.1, 0.15) is 0 Å². The van der Waals surface area contributed by atoms with Crippen LogP contribution in [-0.4, -0.2) is 0 Å². The summed E-state index contributed by atoms with van der Waals surface area (Å²) in [5, 5.41) is 7.60. The van der Waals surface area contributed by atoms with E-state index in [1.54, 1.807) is 0 Å². The summed E-state index contributed by atoms with van der Waals surface area (Å²) in [5.74, 6) is 0. The number of hydrogen-bond acceptors (Lipinski definition) is 2. The van der Waals surface area contributed by atoms with E-state index in [-0.39, 0.29) is 10.8 Å². The van der Waals surface area contributed by atoms with E-state index in [1.165, 1.54) is 43.4 Å². The van der Waals surface area contributed by atoms with Crippen molar-refractivity contribution in [3.05, 3.63) is 169 Å². The predicted octanol–water partition coefficient (Wildman–Crippen LogP) is 14.1. The Morgan fingerprint density at radius 2 is 0.580 bits per heavy atom. The van der Waals surface area contributed by atoms with Gasteiger partial charge in [0.25, 0.3) is 0 Å². The van der Waals surface area contributed by atoms with Crippen LogP contribution in [0.1, 0.15) is 52.7 Å². The van der Waals surface area contributed by atoms with Crippen molar-refractivity contribution in [2.75, 3.05) is 9.80 Å². The fourth-order valence-electron chi connectivity index (χ4n) is 7.33. The van der Waals surface area contributed by atoms with E-state index in [0.717, 1.165) is 34.1 Å². The molecule has 8 aromatic carbocycles. The third kappa shape index (κ3) is 5.75. The first-order valence-corrected chi connectivity index (χ1v) is 17.7. The van der Waals surface area contributed by atoms with Gasteiger partial charge in [0.15, 0.2) is 0 Å². The molecule has 246 valence electrons. The van der Waals surface area contributed by atoms with Crippen LogP contribution in [0.2, 0.25) is 0 Å². The Bertz CT molecular complexity index is 2170. The zero-order chi connectivity index (χ0) is 34.6. The first-order valence-electron chi connectivity index (χ1n) is 17.7. The van der Waals surface area contributed by atoms with Crippen molar-refractivity contribution in [3.63, 3.8) is 0 Å². The minimum Gasteiger partial charge on any atom is -0.310 e. The lowest BCUT2D eigenvalue weighted by Gasteiger charge is -2.28. The summed E-state index contributed by atoms with van der Waals surface area (Å²) in [6.45, 7) is 13.6. The molecule has 0 fully saturated rings. The molecule has 8 rings (SSSR count). The molecule has 0 radical (unpaired) electrons. The van der Waals surface area contributed by atoms with Crippen LogP contribution in [0.15, 0.2) is 158 Å². The first-order chi connectivity index (χ1) is 24.0. The van der Waals surface area contributed by atoms with E-state index in [2.05, 4.69) is 209 Å². The largest absolute Gasteiger partial charge is 0.310 e. The Hall–Kier alpha value is -5.60. The average molecular weight is 649 g/mol. The summed E-state index contributed by atoms with van der Waals surface area (Å²) in [6, 6.07) is 58.1. The third-order valence-electron chi connectivity index (χ3n) is 10.0. The zero-order valence-electron chi connectivity index (χ0n) is 29.9. The topological polar surface area (TPSA) is 6.48 Å². The quantitative estimate of drug-likeness (QED) is 0.166. The molecule has 0 aliphatic rings. The predicted molar refractivity (Wildman–Crippen MR) is 217 cm³/mol. The van der Waals surface area contributed by atoms with Crippen LogP contribution in [0.5, 0.6) is 0 Å². The number of nitrogens with zero attached hydrogens (tertiary/aromatic N) is 2. The van der Waals surface area contributed by atoms with Crippen molar-refractivity contribution in [1.82, 2.24) is 0 Å². The molecule has 0 unspecified atom stereocenters. The van der Waals surface area contributed by atoms with Crippen molar-refractivity contribution in [3.8, 4) is 0 Å². The van der Waals surface area contributed by atoms with Crippen molar-refractivity contribution in [2.45, 2.75) is 52.4 Å². The van der Waals surface area contributed by atoms with Crippen LogP contribution in [0.25, 0.3) is 32.3 Å². The zero-order valence-corrected chi connectivity index (χ0v) is 29.9. The molecule has 0 atom stereocenters. The number of benzene rings is 8. The van der Waals surface area contributed by atoms with Crippen molar-refractivity contribution < 1.29 is 0 Å². The third-order valence-corrected chi connectivity index (χ3v) is 10.0. The lowest BCUT2D eigenvalue weighted by atomic mass is 9.87. The fraction of sp³-hybridized carbons (Fsp3) is 0.167. The van der Waals surface area contributed by atoms with Gasteiger partial charge in [0, 0.05) is 34.1 Å². The number of para-hydroxylation sites is 2. The molecule has 0 aromatic heterocycles. The molecule has 0 amide bonds. The summed E-state index contributed by atoms with van der Waals surface area (Å²) in [6.07, 6.45) is 0. The van der Waals surface area contributed by atoms with Gasteiger partial charge < -0.3 is 9.80 Å². The highest BCUT2D eigenvalue weighted by molar-refractivity contribution is 6.24. The molecular formula is C48H44N2. The Labute approximate surface area is 296 Å². The lowest BCUT2D eigenvalue weighted by Crippen LogP contribution is -2.13. The van der Waals surface area contributed by atoms with Gasteiger partial charge in [-0.25, -0.2) is 0 Å². The van der Waals surface area contributed by atoms with E-state index >= 15 is 0 Å². The maximum absolute atomic E-state index is 2.38. The summed E-state index contributed by atoms with van der Waals surface area (Å²) >= 11 is 0. The summed E-state index contributed by atoms with van der Waals surface area (Å²) in [4.78, 5) is 4.75. The minimum absolute atomic E-state index is 0.0989. The van der Waals surface area contributed by atoms with Crippen molar-refractivity contribution >= 4 is 66.4 Å². The van der Waals surface area contributed by atoms with Gasteiger partial charge in [-0.15, -0.1) is 0 Å². The van der Waals surface area contributed by atoms with Crippen LogP contribution < -0.4 is 9.80 Å². The van der Waals surface area contributed by atoms with Gasteiger partial charge in [-0.2, -0.15) is 0 Å². The maximum Gasteiger partial charge on any atom is 0.0473 e. The average Bonchev–Trinajstić information content (AvgIpc) is 3.11. The molecule has 0 N–H and O–H groups in total. The van der Waals surface area contributed by atoms with Gasteiger partial charge in [0.05, 0.1) is 0 Å². The highest BCUT2D eigenvalue weighted by atomic mass is 15.1. The van der Waals surface area contributed by atoms with Crippen molar-refractivity contribution in [2.24, 2.45) is 0 Å². The van der Waals surface area contributed by atoms with Gasteiger partial charge in [-0.1, -0.05) is 126 Å². The lowest BCUT2D eigenvalue weighted by molar-refractivity contribution is 0.590. The number of hydrogen-bond donors (Lipinski definition) is 0. The van der Waals surface area contributed by atoms with Gasteiger partial charge in [-0.3, -0.25) is 0 Å². The first kappa shape index (κ1) is 31.7. The van der Waals surface area contributed by atoms with Gasteiger partial charge in [-0.05, 0) is 127 Å². The van der Waals surface area contributed by atoms with Gasteiger partial charge >= 0.3 is 0 Å². The highest BCUT2D eigenvalue weighted by Gasteiger charge is 2.21. The molecule has 0 aliphatic heterocycles. The second kappa shape index (κ2) is 12.1. The van der Waals surface area contributed by atoms with E-state index in [9.17, 15) is 0 Å². The van der Waals surface area contributed by atoms with Crippen LogP contribution >= 0.6 is 0 Å². The molecule has 0 heterocycles. The smallest absolute Gasteiger partial charge is 0.0473 e. The molecule has 0 bridgehead atoms. The Morgan fingerprint density at radius 3 is 0.860 bits per heavy atom. The monoisotopic (exact) mass is 648 g/mol. The molecule has 2 nitrogen and oxygen atoms in total. The Kier molecular flexibility index (Phi) is 7.64. The van der Waals surface area contributed by atoms with E-state index in [0.29, 0.717) is 0 Å². The van der Waals surface area contributed by atoms with E-state index < -0.39 is 0 Å². The second-order valence-corrected chi connectivity index (χ2v) is 15.6. The van der Waals surface area contributed by atoms with Crippen LogP contribution in [0, 0.1) is 0 Å². The maximum atomic E-state index is 2.38. The van der Waals surface area contributed by atoms with E-state index in [1.807, 2.05) is 0 Å². The fourth-order valence-corrected chi connectivity index (χ4v) is 7.33. The molecule has 0 saturated carbocycles. The number of anilines is 6. The molecule has 2 heteroatoms. The highest BCUT2D eigenvalue weighted by Crippen LogP contribution is 2.44. The molecule has 50 heavy (non-hydrogen) atoms. The molecule has 0 spiro atoms. The van der Waals surface area contributed by atoms with Crippen molar-refractivity contribution in [1.29, 1.82) is 0 Å². The van der Waals surface area contributed by atoms with Crippen LogP contribution in [0.3, 0.4) is 0 Å². The SMILES string of the molecule is CC(C)(C)c1ccc(N(c2ccccc2)c2cc3ccc4cc(N(c5ccccc5)c5ccc(C(C)(C)C)cc5)cc5ccc(c2)c3c45)cc1. The van der Waals surface area contributed by atoms with Crippen LogP contribution in [0.4, 0.5) is 34.1 Å². The molecular weight excluding hydrogens is 605 g/mol. The summed E-state index contributed by atoms with van der Waals surface area (Å²) < 4.78 is 0. The minimum atomic E-state index is 0.0989. The molecule has 0 aliphatic carbocycles. The summed E-state index contributed by atoms with van der Waals surface area (Å²) in [5.41, 5.74) is 9.75. The second-order valence-electron chi connectivity index (χ2n) is 15.6. The standard InChI is InChI=1S/C48H44N2/c1-47(2,3)37-21-25-41(26-22-37)49(39-13-9-7-10-14-39)43-29-33-17-19-35-31-44(32-36-20-18-34(30-43)45(33)46(35)36)50(40-15-11-8-12-16-40)42-27-23-38(24-28-42)48(4,5)6/h7-32H,1-6H3.